The summed E-state index contributed by atoms with van der Waals surface area (Å²) in [5.41, 5.74) is 0.267. The van der Waals surface area contributed by atoms with Crippen molar-refractivity contribution < 1.29 is 27.5 Å². The Bertz CT molecular complexity index is 1380. The van der Waals surface area contributed by atoms with Gasteiger partial charge in [0, 0.05) is 31.0 Å². The molecule has 0 aliphatic carbocycles. The van der Waals surface area contributed by atoms with Gasteiger partial charge in [-0.3, -0.25) is 9.59 Å². The lowest BCUT2D eigenvalue weighted by Crippen LogP contribution is -2.48. The third-order valence-electron chi connectivity index (χ3n) is 6.00. The van der Waals surface area contributed by atoms with E-state index in [1.165, 1.54) is 36.4 Å². The van der Waals surface area contributed by atoms with Gasteiger partial charge in [0.2, 0.25) is 16.0 Å². The first kappa shape index (κ1) is 26.9. The molecule has 0 saturated carbocycles. The van der Waals surface area contributed by atoms with Crippen LogP contribution in [0.5, 0.6) is 0 Å². The van der Waals surface area contributed by atoms with Gasteiger partial charge in [-0.2, -0.15) is 4.72 Å². The Morgan fingerprint density at radius 2 is 1.82 bits per heavy atom. The van der Waals surface area contributed by atoms with Crippen molar-refractivity contribution in [2.45, 2.75) is 36.4 Å². The highest BCUT2D eigenvalue weighted by Gasteiger charge is 2.28. The van der Waals surface area contributed by atoms with Crippen molar-refractivity contribution in [3.63, 3.8) is 0 Å². The molecule has 0 unspecified atom stereocenters. The molecule has 3 aromatic rings. The minimum Gasteiger partial charge on any atom is -0.480 e. The van der Waals surface area contributed by atoms with Crippen LogP contribution in [0.15, 0.2) is 71.9 Å². The number of halogens is 1. The average molecular weight is 543 g/mol. The fourth-order valence-corrected chi connectivity index (χ4v) is 5.32. The second kappa shape index (κ2) is 12.0. The standard InChI is InChI=1S/C25H27FN6O5S/c26-19-15-17(10-11-21(19)32-14-5-4-9-22(32)30-25-27-12-6-13-28-25)23(33)29-16-20(24(34)35)31-38(36,37)18-7-2-1-3-8-18/h1-3,6-8,10-13,15,20,22,31H,4-5,9,14,16H2,(H,29,33)(H,34,35)(H,27,28,30)/t20-,22-/m0/s1. The molecule has 2 aromatic carbocycles. The molecular weight excluding hydrogens is 515 g/mol. The van der Waals surface area contributed by atoms with Gasteiger partial charge in [-0.15, -0.1) is 0 Å². The van der Waals surface area contributed by atoms with Crippen molar-refractivity contribution in [3.05, 3.63) is 78.4 Å². The van der Waals surface area contributed by atoms with Crippen molar-refractivity contribution in [1.82, 2.24) is 20.0 Å². The molecule has 0 radical (unpaired) electrons. The summed E-state index contributed by atoms with van der Waals surface area (Å²) in [6.07, 6.45) is 5.53. The predicted molar refractivity (Wildman–Crippen MR) is 138 cm³/mol. The van der Waals surface area contributed by atoms with Gasteiger partial charge in [0.15, 0.2) is 0 Å². The number of carbonyl (C=O) groups is 2. The van der Waals surface area contributed by atoms with Crippen molar-refractivity contribution >= 4 is 33.5 Å². The van der Waals surface area contributed by atoms with Crippen LogP contribution in [0.4, 0.5) is 16.0 Å². The molecule has 4 rings (SSSR count). The number of rotatable bonds is 10. The largest absolute Gasteiger partial charge is 0.480 e. The number of benzene rings is 2. The lowest BCUT2D eigenvalue weighted by atomic mass is 10.1. The number of aliphatic carboxylic acids is 1. The highest BCUT2D eigenvalue weighted by atomic mass is 32.2. The van der Waals surface area contributed by atoms with E-state index >= 15 is 4.39 Å². The van der Waals surface area contributed by atoms with Crippen LogP contribution in [0.3, 0.4) is 0 Å². The molecule has 2 heterocycles. The smallest absolute Gasteiger partial charge is 0.323 e. The fourth-order valence-electron chi connectivity index (χ4n) is 4.10. The predicted octanol–water partition coefficient (Wildman–Crippen LogP) is 2.21. The first-order valence-corrected chi connectivity index (χ1v) is 13.4. The summed E-state index contributed by atoms with van der Waals surface area (Å²) in [5, 5.41) is 15.0. The van der Waals surface area contributed by atoms with Gasteiger partial charge in [-0.1, -0.05) is 18.2 Å². The Balaban J connectivity index is 1.42. The zero-order valence-corrected chi connectivity index (χ0v) is 21.1. The molecule has 1 aromatic heterocycles. The van der Waals surface area contributed by atoms with Crippen molar-refractivity contribution in [2.24, 2.45) is 0 Å². The van der Waals surface area contributed by atoms with Crippen LogP contribution in [0.2, 0.25) is 0 Å². The minimum absolute atomic E-state index is 0.0331. The maximum atomic E-state index is 15.2. The summed E-state index contributed by atoms with van der Waals surface area (Å²) in [5.74, 6) is -2.42. The van der Waals surface area contributed by atoms with E-state index in [9.17, 15) is 23.1 Å². The van der Waals surface area contributed by atoms with E-state index in [0.29, 0.717) is 18.2 Å². The Kier molecular flexibility index (Phi) is 8.48. The number of carboxylic acids is 1. The molecule has 0 spiro atoms. The van der Waals surface area contributed by atoms with Gasteiger partial charge < -0.3 is 20.6 Å². The van der Waals surface area contributed by atoms with E-state index < -0.39 is 40.3 Å². The van der Waals surface area contributed by atoms with Crippen LogP contribution in [0.1, 0.15) is 29.6 Å². The second-order valence-corrected chi connectivity index (χ2v) is 10.3. The topological polar surface area (TPSA) is 154 Å². The molecule has 1 aliphatic heterocycles. The SMILES string of the molecule is O=C(NC[C@H](NS(=O)(=O)c1ccccc1)C(=O)O)c1ccc(N2CCCC[C@H]2Nc2ncccn2)c(F)c1. The number of nitrogens with one attached hydrogen (secondary N) is 3. The monoisotopic (exact) mass is 542 g/mol. The van der Waals surface area contributed by atoms with Gasteiger partial charge in [-0.25, -0.2) is 22.8 Å². The lowest BCUT2D eigenvalue weighted by molar-refractivity contribution is -0.138. The summed E-state index contributed by atoms with van der Waals surface area (Å²) in [6.45, 7) is 0.0492. The molecule has 1 saturated heterocycles. The summed E-state index contributed by atoms with van der Waals surface area (Å²) in [4.78, 5) is 34.4. The number of nitrogens with zero attached hydrogens (tertiary/aromatic N) is 3. The van der Waals surface area contributed by atoms with Crippen LogP contribution >= 0.6 is 0 Å². The number of carboxylic acid groups (broad SMARTS) is 1. The lowest BCUT2D eigenvalue weighted by Gasteiger charge is -2.38. The van der Waals surface area contributed by atoms with Crippen molar-refractivity contribution in [3.8, 4) is 0 Å². The molecule has 1 aliphatic rings. The molecule has 38 heavy (non-hydrogen) atoms. The van der Waals surface area contributed by atoms with Gasteiger partial charge in [0.1, 0.15) is 18.0 Å². The number of carbonyl (C=O) groups excluding carboxylic acids is 1. The van der Waals surface area contributed by atoms with Crippen LogP contribution < -0.4 is 20.3 Å². The van der Waals surface area contributed by atoms with Crippen LogP contribution in [0, 0.1) is 5.82 Å². The molecule has 11 nitrogen and oxygen atoms in total. The first-order chi connectivity index (χ1) is 18.2. The van der Waals surface area contributed by atoms with Gasteiger partial charge >= 0.3 is 5.97 Å². The number of hydrogen-bond donors (Lipinski definition) is 4. The number of sulfonamides is 1. The number of amides is 1. The van der Waals surface area contributed by atoms with E-state index in [1.54, 1.807) is 24.5 Å². The zero-order chi connectivity index (χ0) is 27.1. The highest BCUT2D eigenvalue weighted by Crippen LogP contribution is 2.28. The summed E-state index contributed by atoms with van der Waals surface area (Å²) < 4.78 is 42.2. The van der Waals surface area contributed by atoms with Gasteiger partial charge in [0.05, 0.1) is 10.6 Å². The molecule has 2 atom stereocenters. The Hall–Kier alpha value is -4.10. The van der Waals surface area contributed by atoms with E-state index in [-0.39, 0.29) is 16.6 Å². The summed E-state index contributed by atoms with van der Waals surface area (Å²) in [6, 6.07) is 11.3. The molecule has 0 bridgehead atoms. The van der Waals surface area contributed by atoms with Crippen molar-refractivity contribution in [2.75, 3.05) is 23.3 Å². The summed E-state index contributed by atoms with van der Waals surface area (Å²) >= 11 is 0. The third kappa shape index (κ3) is 6.61. The Morgan fingerprint density at radius 3 is 2.50 bits per heavy atom. The number of aromatic nitrogens is 2. The van der Waals surface area contributed by atoms with Crippen molar-refractivity contribution in [1.29, 1.82) is 0 Å². The highest BCUT2D eigenvalue weighted by molar-refractivity contribution is 7.89. The van der Waals surface area contributed by atoms with Crippen LogP contribution in [-0.4, -0.2) is 60.7 Å². The number of anilines is 2. The normalized spacial score (nSPS) is 16.4. The molecule has 1 amide bonds. The summed E-state index contributed by atoms with van der Waals surface area (Å²) in [7, 11) is -4.13. The van der Waals surface area contributed by atoms with E-state index in [4.69, 9.17) is 0 Å². The third-order valence-corrected chi connectivity index (χ3v) is 7.49. The van der Waals surface area contributed by atoms with Crippen LogP contribution in [-0.2, 0) is 14.8 Å². The van der Waals surface area contributed by atoms with Gasteiger partial charge in [-0.05, 0) is 55.7 Å². The molecule has 1 fully saturated rings. The Morgan fingerprint density at radius 1 is 1.08 bits per heavy atom. The maximum Gasteiger partial charge on any atom is 0.323 e. The quantitative estimate of drug-likeness (QED) is 0.302. The molecular formula is C25H27FN6O5S. The minimum atomic E-state index is -4.13. The van der Waals surface area contributed by atoms with E-state index in [0.717, 1.165) is 25.3 Å². The number of hydrogen-bond acceptors (Lipinski definition) is 8. The zero-order valence-electron chi connectivity index (χ0n) is 20.2. The van der Waals surface area contributed by atoms with E-state index in [1.807, 2.05) is 4.90 Å². The first-order valence-electron chi connectivity index (χ1n) is 11.9. The fraction of sp³-hybridized carbons (Fsp3) is 0.280. The Labute approximate surface area is 219 Å². The van der Waals surface area contributed by atoms with Gasteiger partial charge in [0.25, 0.3) is 5.91 Å². The molecule has 200 valence electrons. The average Bonchev–Trinajstić information content (AvgIpc) is 2.92. The van der Waals surface area contributed by atoms with Crippen LogP contribution in [0.25, 0.3) is 0 Å². The number of piperidine rings is 1. The maximum absolute atomic E-state index is 15.2. The molecule has 13 heteroatoms. The van der Waals surface area contributed by atoms with E-state index in [2.05, 4.69) is 25.3 Å². The molecule has 4 N–H and O–H groups in total. The second-order valence-electron chi connectivity index (χ2n) is 8.62.